The molecule has 0 bridgehead atoms. The summed E-state index contributed by atoms with van der Waals surface area (Å²) in [6, 6.07) is 6.42. The number of amides is 1. The highest BCUT2D eigenvalue weighted by Crippen LogP contribution is 2.11. The highest BCUT2D eigenvalue weighted by Gasteiger charge is 2.08. The third kappa shape index (κ3) is 4.75. The van der Waals surface area contributed by atoms with Crippen LogP contribution in [0.5, 0.6) is 0 Å². The molecule has 1 amide bonds. The first-order chi connectivity index (χ1) is 8.31. The molecule has 5 nitrogen and oxygen atoms in total. The van der Waals surface area contributed by atoms with Crippen LogP contribution in [0.2, 0.25) is 0 Å². The highest BCUT2D eigenvalue weighted by atomic mass is 32.2. The summed E-state index contributed by atoms with van der Waals surface area (Å²) in [5.41, 5.74) is 0.951. The number of hydrogen-bond acceptors (Lipinski definition) is 3. The van der Waals surface area contributed by atoms with Crippen LogP contribution >= 0.6 is 0 Å². The summed E-state index contributed by atoms with van der Waals surface area (Å²) in [6.07, 6.45) is 1.94. The van der Waals surface area contributed by atoms with Gasteiger partial charge >= 0.3 is 0 Å². The van der Waals surface area contributed by atoms with Gasteiger partial charge in [-0.2, -0.15) is 0 Å². The standard InChI is InChI=1S/C12H18N2O3S/c1-4-9(2)13-12(15)10-5-7-11(8-6-10)14-18(3,16)17/h5-9,14H,4H2,1-3H3,(H,13,15). The van der Waals surface area contributed by atoms with Crippen molar-refractivity contribution in [3.8, 4) is 0 Å². The van der Waals surface area contributed by atoms with E-state index in [0.29, 0.717) is 11.3 Å². The van der Waals surface area contributed by atoms with Crippen LogP contribution in [0, 0.1) is 0 Å². The van der Waals surface area contributed by atoms with Crippen LogP contribution in [0.4, 0.5) is 5.69 Å². The summed E-state index contributed by atoms with van der Waals surface area (Å²) in [5.74, 6) is -0.157. The molecule has 0 spiro atoms. The summed E-state index contributed by atoms with van der Waals surface area (Å²) in [6.45, 7) is 3.92. The molecular weight excluding hydrogens is 252 g/mol. The van der Waals surface area contributed by atoms with Crippen molar-refractivity contribution in [2.45, 2.75) is 26.3 Å². The molecule has 0 aliphatic carbocycles. The van der Waals surface area contributed by atoms with E-state index < -0.39 is 10.0 Å². The molecule has 0 saturated heterocycles. The number of rotatable bonds is 5. The van der Waals surface area contributed by atoms with Crippen LogP contribution in [0.25, 0.3) is 0 Å². The minimum atomic E-state index is -3.28. The van der Waals surface area contributed by atoms with Gasteiger partial charge in [0.15, 0.2) is 0 Å². The molecule has 0 saturated carbocycles. The third-order valence-electron chi connectivity index (χ3n) is 2.44. The topological polar surface area (TPSA) is 75.3 Å². The number of carbonyl (C=O) groups excluding carboxylic acids is 1. The first-order valence-corrected chi connectivity index (χ1v) is 7.59. The van der Waals surface area contributed by atoms with Gasteiger partial charge in [0.2, 0.25) is 10.0 Å². The molecule has 1 unspecified atom stereocenters. The fourth-order valence-corrected chi connectivity index (χ4v) is 1.88. The molecule has 0 radical (unpaired) electrons. The third-order valence-corrected chi connectivity index (χ3v) is 3.05. The monoisotopic (exact) mass is 270 g/mol. The maximum atomic E-state index is 11.8. The predicted octanol–water partition coefficient (Wildman–Crippen LogP) is 1.59. The van der Waals surface area contributed by atoms with Crippen LogP contribution in [-0.2, 0) is 10.0 Å². The molecule has 0 fully saturated rings. The van der Waals surface area contributed by atoms with E-state index in [1.807, 2.05) is 13.8 Å². The first kappa shape index (κ1) is 14.5. The van der Waals surface area contributed by atoms with Gasteiger partial charge in [0.05, 0.1) is 6.26 Å². The molecule has 100 valence electrons. The number of nitrogens with one attached hydrogen (secondary N) is 2. The van der Waals surface area contributed by atoms with Gasteiger partial charge < -0.3 is 5.32 Å². The molecule has 18 heavy (non-hydrogen) atoms. The predicted molar refractivity (Wildman–Crippen MR) is 72.1 cm³/mol. The van der Waals surface area contributed by atoms with Gasteiger partial charge in [0.25, 0.3) is 5.91 Å². The van der Waals surface area contributed by atoms with Crippen LogP contribution in [0.15, 0.2) is 24.3 Å². The van der Waals surface area contributed by atoms with Crippen molar-refractivity contribution in [1.29, 1.82) is 0 Å². The number of benzene rings is 1. The minimum absolute atomic E-state index is 0.117. The molecular formula is C12H18N2O3S. The second kappa shape index (κ2) is 5.86. The first-order valence-electron chi connectivity index (χ1n) is 5.70. The van der Waals surface area contributed by atoms with Crippen molar-refractivity contribution in [2.75, 3.05) is 11.0 Å². The Morgan fingerprint density at radius 1 is 1.28 bits per heavy atom. The van der Waals surface area contributed by atoms with Crippen LogP contribution in [0.1, 0.15) is 30.6 Å². The van der Waals surface area contributed by atoms with E-state index >= 15 is 0 Å². The highest BCUT2D eigenvalue weighted by molar-refractivity contribution is 7.92. The van der Waals surface area contributed by atoms with Crippen molar-refractivity contribution >= 4 is 21.6 Å². The quantitative estimate of drug-likeness (QED) is 0.853. The van der Waals surface area contributed by atoms with Gasteiger partial charge in [-0.05, 0) is 37.6 Å². The zero-order valence-electron chi connectivity index (χ0n) is 10.7. The molecule has 0 aliphatic heterocycles. The lowest BCUT2D eigenvalue weighted by atomic mass is 10.1. The lowest BCUT2D eigenvalue weighted by molar-refractivity contribution is 0.0939. The molecule has 1 atom stereocenters. The molecule has 1 aromatic rings. The van der Waals surface area contributed by atoms with Crippen molar-refractivity contribution in [2.24, 2.45) is 0 Å². The normalized spacial score (nSPS) is 12.8. The van der Waals surface area contributed by atoms with E-state index in [0.717, 1.165) is 12.7 Å². The summed E-state index contributed by atoms with van der Waals surface area (Å²) in [7, 11) is -3.28. The van der Waals surface area contributed by atoms with Gasteiger partial charge in [-0.25, -0.2) is 8.42 Å². The number of carbonyl (C=O) groups is 1. The number of sulfonamides is 1. The fourth-order valence-electron chi connectivity index (χ4n) is 1.31. The van der Waals surface area contributed by atoms with Crippen molar-refractivity contribution in [3.63, 3.8) is 0 Å². The van der Waals surface area contributed by atoms with Crippen LogP contribution < -0.4 is 10.0 Å². The Morgan fingerprint density at radius 2 is 1.83 bits per heavy atom. The Hall–Kier alpha value is -1.56. The van der Waals surface area contributed by atoms with E-state index in [1.165, 1.54) is 0 Å². The lowest BCUT2D eigenvalue weighted by Crippen LogP contribution is -2.31. The van der Waals surface area contributed by atoms with Crippen molar-refractivity contribution in [3.05, 3.63) is 29.8 Å². The Bertz CT molecular complexity index is 509. The van der Waals surface area contributed by atoms with E-state index in [2.05, 4.69) is 10.0 Å². The molecule has 6 heteroatoms. The Kier molecular flexibility index (Phi) is 4.72. The summed E-state index contributed by atoms with van der Waals surface area (Å²) in [5, 5.41) is 2.84. The van der Waals surface area contributed by atoms with Gasteiger partial charge in [-0.15, -0.1) is 0 Å². The van der Waals surface area contributed by atoms with Gasteiger partial charge in [0, 0.05) is 17.3 Å². The lowest BCUT2D eigenvalue weighted by Gasteiger charge is -2.11. The van der Waals surface area contributed by atoms with Gasteiger partial charge in [-0.1, -0.05) is 6.92 Å². The van der Waals surface area contributed by atoms with Gasteiger partial charge in [-0.3, -0.25) is 9.52 Å². The summed E-state index contributed by atoms with van der Waals surface area (Å²) in [4.78, 5) is 11.8. The van der Waals surface area contributed by atoms with Crippen LogP contribution in [0.3, 0.4) is 0 Å². The van der Waals surface area contributed by atoms with E-state index in [4.69, 9.17) is 0 Å². The fraction of sp³-hybridized carbons (Fsp3) is 0.417. The Morgan fingerprint density at radius 3 is 2.28 bits per heavy atom. The zero-order valence-corrected chi connectivity index (χ0v) is 11.5. The van der Waals surface area contributed by atoms with Crippen molar-refractivity contribution in [1.82, 2.24) is 5.32 Å². The zero-order chi connectivity index (χ0) is 13.8. The Balaban J connectivity index is 2.74. The SMILES string of the molecule is CCC(C)NC(=O)c1ccc(NS(C)(=O)=O)cc1. The minimum Gasteiger partial charge on any atom is -0.350 e. The average molecular weight is 270 g/mol. The van der Waals surface area contributed by atoms with Gasteiger partial charge in [0.1, 0.15) is 0 Å². The molecule has 1 aromatic carbocycles. The summed E-state index contributed by atoms with van der Waals surface area (Å²) >= 11 is 0. The smallest absolute Gasteiger partial charge is 0.251 e. The van der Waals surface area contributed by atoms with Crippen molar-refractivity contribution < 1.29 is 13.2 Å². The second-order valence-electron chi connectivity index (χ2n) is 4.23. The molecule has 0 aliphatic rings. The maximum Gasteiger partial charge on any atom is 0.251 e. The van der Waals surface area contributed by atoms with E-state index in [-0.39, 0.29) is 11.9 Å². The molecule has 0 heterocycles. The average Bonchev–Trinajstić information content (AvgIpc) is 2.27. The van der Waals surface area contributed by atoms with E-state index in [9.17, 15) is 13.2 Å². The number of hydrogen-bond donors (Lipinski definition) is 2. The molecule has 2 N–H and O–H groups in total. The molecule has 1 rings (SSSR count). The Labute approximate surface area is 108 Å². The van der Waals surface area contributed by atoms with E-state index in [1.54, 1.807) is 24.3 Å². The maximum absolute atomic E-state index is 11.8. The molecule has 0 aromatic heterocycles. The second-order valence-corrected chi connectivity index (χ2v) is 5.98. The largest absolute Gasteiger partial charge is 0.350 e. The number of anilines is 1. The van der Waals surface area contributed by atoms with Crippen LogP contribution in [-0.4, -0.2) is 26.6 Å². The summed E-state index contributed by atoms with van der Waals surface area (Å²) < 4.78 is 24.4.